The van der Waals surface area contributed by atoms with Gasteiger partial charge in [-0.2, -0.15) is 0 Å². The van der Waals surface area contributed by atoms with Gasteiger partial charge in [0.2, 0.25) is 0 Å². The fourth-order valence-corrected chi connectivity index (χ4v) is 1.27. The summed E-state index contributed by atoms with van der Waals surface area (Å²) >= 11 is 0. The van der Waals surface area contributed by atoms with Crippen LogP contribution in [0.25, 0.3) is 0 Å². The normalized spacial score (nSPS) is 10.2. The topological polar surface area (TPSA) is 84.3 Å². The molecule has 98 valence electrons. The van der Waals surface area contributed by atoms with E-state index in [1.54, 1.807) is 7.05 Å². The maximum atomic E-state index is 13.0. The Bertz CT molecular complexity index is 480. The Morgan fingerprint density at radius 2 is 1.94 bits per heavy atom. The molecule has 0 fully saturated rings. The molecule has 0 bridgehead atoms. The van der Waals surface area contributed by atoms with Crippen molar-refractivity contribution < 1.29 is 18.5 Å². The van der Waals surface area contributed by atoms with Crippen LogP contribution in [0.1, 0.15) is 10.4 Å². The van der Waals surface area contributed by atoms with E-state index in [0.717, 1.165) is 0 Å². The summed E-state index contributed by atoms with van der Waals surface area (Å²) < 4.78 is 25.8. The van der Waals surface area contributed by atoms with Gasteiger partial charge in [0, 0.05) is 13.1 Å². The minimum absolute atomic E-state index is 0.214. The largest absolute Gasteiger partial charge is 0.351 e. The number of rotatable bonds is 5. The first-order chi connectivity index (χ1) is 8.47. The van der Waals surface area contributed by atoms with Crippen molar-refractivity contribution in [2.75, 3.05) is 20.1 Å². The van der Waals surface area contributed by atoms with Gasteiger partial charge in [-0.05, 0) is 13.1 Å². The SMILES string of the molecule is CNCCNC(=O)c1cc(F)c(F)cc1[N+](=O)[O-]. The molecule has 0 saturated carbocycles. The second-order valence-corrected chi connectivity index (χ2v) is 3.40. The molecular formula is C10H11F2N3O3. The van der Waals surface area contributed by atoms with E-state index in [2.05, 4.69) is 10.6 Å². The van der Waals surface area contributed by atoms with Gasteiger partial charge in [-0.3, -0.25) is 14.9 Å². The van der Waals surface area contributed by atoms with Crippen molar-refractivity contribution in [3.8, 4) is 0 Å². The molecule has 0 saturated heterocycles. The number of carbonyl (C=O) groups excluding carboxylic acids is 1. The van der Waals surface area contributed by atoms with Gasteiger partial charge in [0.05, 0.1) is 11.0 Å². The lowest BCUT2D eigenvalue weighted by atomic mass is 10.1. The number of likely N-dealkylation sites (N-methyl/N-ethyl adjacent to an activating group) is 1. The second kappa shape index (κ2) is 6.01. The Kier molecular flexibility index (Phi) is 4.67. The summed E-state index contributed by atoms with van der Waals surface area (Å²) in [6.07, 6.45) is 0. The highest BCUT2D eigenvalue weighted by molar-refractivity contribution is 5.98. The third-order valence-corrected chi connectivity index (χ3v) is 2.14. The number of carbonyl (C=O) groups is 1. The van der Waals surface area contributed by atoms with E-state index >= 15 is 0 Å². The molecule has 0 atom stereocenters. The van der Waals surface area contributed by atoms with E-state index in [0.29, 0.717) is 18.7 Å². The molecule has 0 aliphatic carbocycles. The summed E-state index contributed by atoms with van der Waals surface area (Å²) in [6.45, 7) is 0.661. The highest BCUT2D eigenvalue weighted by atomic mass is 19.2. The first-order valence-corrected chi connectivity index (χ1v) is 5.03. The summed E-state index contributed by atoms with van der Waals surface area (Å²) in [5, 5.41) is 15.7. The minimum Gasteiger partial charge on any atom is -0.351 e. The van der Waals surface area contributed by atoms with Crippen LogP contribution in [-0.4, -0.2) is 31.0 Å². The fraction of sp³-hybridized carbons (Fsp3) is 0.300. The predicted octanol–water partition coefficient (Wildman–Crippen LogP) is 0.822. The van der Waals surface area contributed by atoms with Gasteiger partial charge < -0.3 is 10.6 Å². The average molecular weight is 259 g/mol. The summed E-state index contributed by atoms with van der Waals surface area (Å²) in [4.78, 5) is 21.3. The molecule has 0 aromatic heterocycles. The Hall–Kier alpha value is -2.09. The molecule has 6 nitrogen and oxygen atoms in total. The van der Waals surface area contributed by atoms with E-state index in [4.69, 9.17) is 0 Å². The minimum atomic E-state index is -1.37. The van der Waals surface area contributed by atoms with Crippen LogP contribution < -0.4 is 10.6 Å². The van der Waals surface area contributed by atoms with Crippen LogP contribution in [0.2, 0.25) is 0 Å². The molecule has 1 rings (SSSR count). The lowest BCUT2D eigenvalue weighted by Crippen LogP contribution is -2.31. The van der Waals surface area contributed by atoms with E-state index in [1.165, 1.54) is 0 Å². The number of halogens is 2. The van der Waals surface area contributed by atoms with Gasteiger partial charge in [-0.1, -0.05) is 0 Å². The van der Waals surface area contributed by atoms with Crippen LogP contribution in [0, 0.1) is 21.7 Å². The Morgan fingerprint density at radius 3 is 2.50 bits per heavy atom. The van der Waals surface area contributed by atoms with Gasteiger partial charge in [0.25, 0.3) is 11.6 Å². The third kappa shape index (κ3) is 3.20. The quantitative estimate of drug-likeness (QED) is 0.466. The lowest BCUT2D eigenvalue weighted by Gasteiger charge is -2.06. The van der Waals surface area contributed by atoms with Gasteiger partial charge >= 0.3 is 0 Å². The fourth-order valence-electron chi connectivity index (χ4n) is 1.27. The smallest absolute Gasteiger partial charge is 0.285 e. The van der Waals surface area contributed by atoms with Crippen molar-refractivity contribution in [3.05, 3.63) is 39.4 Å². The van der Waals surface area contributed by atoms with Gasteiger partial charge in [0.15, 0.2) is 11.6 Å². The number of benzene rings is 1. The van der Waals surface area contributed by atoms with E-state index < -0.39 is 33.7 Å². The highest BCUT2D eigenvalue weighted by Gasteiger charge is 2.23. The molecule has 1 aromatic rings. The number of hydrogen-bond acceptors (Lipinski definition) is 4. The molecule has 18 heavy (non-hydrogen) atoms. The molecule has 0 radical (unpaired) electrons. The van der Waals surface area contributed by atoms with Crippen LogP contribution >= 0.6 is 0 Å². The molecular weight excluding hydrogens is 248 g/mol. The Balaban J connectivity index is 3.02. The van der Waals surface area contributed by atoms with Crippen molar-refractivity contribution >= 4 is 11.6 Å². The van der Waals surface area contributed by atoms with Crippen LogP contribution in [0.4, 0.5) is 14.5 Å². The van der Waals surface area contributed by atoms with Crippen molar-refractivity contribution in [2.45, 2.75) is 0 Å². The van der Waals surface area contributed by atoms with Gasteiger partial charge in [-0.25, -0.2) is 8.78 Å². The zero-order valence-corrected chi connectivity index (χ0v) is 9.50. The molecule has 1 aromatic carbocycles. The molecule has 8 heteroatoms. The van der Waals surface area contributed by atoms with Crippen LogP contribution in [0.15, 0.2) is 12.1 Å². The summed E-state index contributed by atoms with van der Waals surface area (Å²) in [7, 11) is 1.66. The Labute approximate surface area is 101 Å². The number of amides is 1. The van der Waals surface area contributed by atoms with E-state index in [-0.39, 0.29) is 6.54 Å². The van der Waals surface area contributed by atoms with Crippen molar-refractivity contribution in [2.24, 2.45) is 0 Å². The first kappa shape index (κ1) is 14.0. The molecule has 1 amide bonds. The highest BCUT2D eigenvalue weighted by Crippen LogP contribution is 2.22. The predicted molar refractivity (Wildman–Crippen MR) is 59.3 cm³/mol. The van der Waals surface area contributed by atoms with Crippen molar-refractivity contribution in [3.63, 3.8) is 0 Å². The molecule has 0 spiro atoms. The summed E-state index contributed by atoms with van der Waals surface area (Å²) in [5.41, 5.74) is -1.27. The van der Waals surface area contributed by atoms with Gasteiger partial charge in [0.1, 0.15) is 5.56 Å². The lowest BCUT2D eigenvalue weighted by molar-refractivity contribution is -0.385. The van der Waals surface area contributed by atoms with Crippen LogP contribution in [0.3, 0.4) is 0 Å². The maximum absolute atomic E-state index is 13.0. The van der Waals surface area contributed by atoms with E-state index in [9.17, 15) is 23.7 Å². The molecule has 0 unspecified atom stereocenters. The standard InChI is InChI=1S/C10H11F2N3O3/c1-13-2-3-14-10(16)6-4-7(11)8(12)5-9(6)15(17)18/h4-5,13H,2-3H2,1H3,(H,14,16). The zero-order chi connectivity index (χ0) is 13.7. The first-order valence-electron chi connectivity index (χ1n) is 5.03. The summed E-state index contributed by atoms with van der Waals surface area (Å²) in [5.74, 6) is -3.50. The monoisotopic (exact) mass is 259 g/mol. The molecule has 2 N–H and O–H groups in total. The summed E-state index contributed by atoms with van der Waals surface area (Å²) in [6, 6.07) is 0.907. The molecule has 0 aliphatic heterocycles. The number of hydrogen-bond donors (Lipinski definition) is 2. The average Bonchev–Trinajstić information content (AvgIpc) is 2.32. The van der Waals surface area contributed by atoms with Gasteiger partial charge in [-0.15, -0.1) is 0 Å². The van der Waals surface area contributed by atoms with E-state index in [1.807, 2.05) is 0 Å². The van der Waals surface area contributed by atoms with Crippen LogP contribution in [-0.2, 0) is 0 Å². The number of nitrogens with one attached hydrogen (secondary N) is 2. The number of nitro groups is 1. The van der Waals surface area contributed by atoms with Crippen molar-refractivity contribution in [1.29, 1.82) is 0 Å². The zero-order valence-electron chi connectivity index (χ0n) is 9.50. The van der Waals surface area contributed by atoms with Crippen LogP contribution in [0.5, 0.6) is 0 Å². The second-order valence-electron chi connectivity index (χ2n) is 3.40. The maximum Gasteiger partial charge on any atom is 0.285 e. The molecule has 0 heterocycles. The van der Waals surface area contributed by atoms with Crippen molar-refractivity contribution in [1.82, 2.24) is 10.6 Å². The number of nitro benzene ring substituents is 1. The molecule has 0 aliphatic rings. The number of nitrogens with zero attached hydrogens (tertiary/aromatic N) is 1. The third-order valence-electron chi connectivity index (χ3n) is 2.14. The Morgan fingerprint density at radius 1 is 1.33 bits per heavy atom.